The topological polar surface area (TPSA) is 56.7 Å². The highest BCUT2D eigenvalue weighted by Crippen LogP contribution is 2.29. The number of hydrogen-bond acceptors (Lipinski definition) is 5. The summed E-state index contributed by atoms with van der Waals surface area (Å²) in [6.07, 6.45) is 3.56. The highest BCUT2D eigenvalue weighted by atomic mass is 32.2. The Bertz CT molecular complexity index is 1330. The van der Waals surface area contributed by atoms with Crippen LogP contribution in [0.5, 0.6) is 0 Å². The Morgan fingerprint density at radius 2 is 1.81 bits per heavy atom. The predicted octanol–water partition coefficient (Wildman–Crippen LogP) is 5.87. The number of benzene rings is 2. The Labute approximate surface area is 183 Å². The number of halogens is 1. The van der Waals surface area contributed by atoms with Crippen LogP contribution in [0.25, 0.3) is 22.5 Å². The minimum Gasteiger partial charge on any atom is -0.441 e. The van der Waals surface area contributed by atoms with E-state index in [1.165, 1.54) is 12.1 Å². The molecule has 5 rings (SSSR count). The van der Waals surface area contributed by atoms with Gasteiger partial charge in [-0.1, -0.05) is 42.1 Å². The molecule has 3 aromatic heterocycles. The summed E-state index contributed by atoms with van der Waals surface area (Å²) in [6.45, 7) is 2.45. The van der Waals surface area contributed by atoms with Crippen molar-refractivity contribution in [2.24, 2.45) is 0 Å². The van der Waals surface area contributed by atoms with Crippen LogP contribution in [0.1, 0.15) is 17.0 Å². The monoisotopic (exact) mass is 430 g/mol. The fraction of sp³-hybridized carbons (Fsp3) is 0.125. The lowest BCUT2D eigenvalue weighted by Crippen LogP contribution is -2.03. The molecule has 3 heterocycles. The number of rotatable bonds is 6. The van der Waals surface area contributed by atoms with Gasteiger partial charge in [0.15, 0.2) is 5.16 Å². The summed E-state index contributed by atoms with van der Waals surface area (Å²) in [4.78, 5) is 13.8. The molecule has 0 amide bonds. The molecule has 154 valence electrons. The van der Waals surface area contributed by atoms with E-state index in [-0.39, 0.29) is 5.82 Å². The van der Waals surface area contributed by atoms with Gasteiger partial charge >= 0.3 is 0 Å². The van der Waals surface area contributed by atoms with Crippen LogP contribution in [0.2, 0.25) is 0 Å². The van der Waals surface area contributed by atoms with E-state index in [4.69, 9.17) is 14.4 Å². The molecule has 0 radical (unpaired) electrons. The standard InChI is InChI=1S/C24H19FN4OS/c1-16-21(27-23(30-16)18-5-3-2-4-6-18)14-29-22-13-26-12-11-20(22)28-24(29)31-15-17-7-9-19(25)10-8-17/h2-13H,14-15H2,1H3. The van der Waals surface area contributed by atoms with Gasteiger partial charge in [0.05, 0.1) is 23.8 Å². The lowest BCUT2D eigenvalue weighted by atomic mass is 10.2. The van der Waals surface area contributed by atoms with E-state index in [0.29, 0.717) is 18.2 Å². The maximum atomic E-state index is 13.2. The van der Waals surface area contributed by atoms with Crippen molar-refractivity contribution < 1.29 is 8.81 Å². The Morgan fingerprint density at radius 3 is 2.61 bits per heavy atom. The predicted molar refractivity (Wildman–Crippen MR) is 119 cm³/mol. The van der Waals surface area contributed by atoms with Gasteiger partial charge in [0.25, 0.3) is 0 Å². The molecule has 5 aromatic rings. The van der Waals surface area contributed by atoms with Gasteiger partial charge in [-0.3, -0.25) is 4.98 Å². The molecule has 0 aliphatic rings. The fourth-order valence-electron chi connectivity index (χ4n) is 3.37. The van der Waals surface area contributed by atoms with Gasteiger partial charge in [-0.15, -0.1) is 0 Å². The van der Waals surface area contributed by atoms with Crippen LogP contribution >= 0.6 is 11.8 Å². The number of fused-ring (bicyclic) bond motifs is 1. The molecule has 5 nitrogen and oxygen atoms in total. The molecule has 7 heteroatoms. The van der Waals surface area contributed by atoms with Crippen LogP contribution in [0.15, 0.2) is 82.6 Å². The minimum absolute atomic E-state index is 0.234. The molecule has 0 N–H and O–H groups in total. The number of imidazole rings is 1. The first-order valence-electron chi connectivity index (χ1n) is 9.86. The smallest absolute Gasteiger partial charge is 0.226 e. The molecular formula is C24H19FN4OS. The lowest BCUT2D eigenvalue weighted by Gasteiger charge is -2.07. The van der Waals surface area contributed by atoms with E-state index < -0.39 is 0 Å². The normalized spacial score (nSPS) is 11.3. The molecule has 0 spiro atoms. The molecule has 0 bridgehead atoms. The molecule has 0 atom stereocenters. The van der Waals surface area contributed by atoms with Crippen LogP contribution < -0.4 is 0 Å². The van der Waals surface area contributed by atoms with E-state index >= 15 is 0 Å². The van der Waals surface area contributed by atoms with Crippen molar-refractivity contribution in [3.05, 3.63) is 95.9 Å². The van der Waals surface area contributed by atoms with E-state index in [9.17, 15) is 4.39 Å². The second-order valence-electron chi connectivity index (χ2n) is 7.15. The van der Waals surface area contributed by atoms with Gasteiger partial charge in [-0.2, -0.15) is 0 Å². The first kappa shape index (κ1) is 19.5. The van der Waals surface area contributed by atoms with E-state index in [1.807, 2.05) is 49.5 Å². The second-order valence-corrected chi connectivity index (χ2v) is 8.09. The van der Waals surface area contributed by atoms with Gasteiger partial charge in [-0.25, -0.2) is 14.4 Å². The van der Waals surface area contributed by atoms with Crippen molar-refractivity contribution >= 4 is 22.8 Å². The minimum atomic E-state index is -0.234. The Morgan fingerprint density at radius 1 is 1.00 bits per heavy atom. The maximum Gasteiger partial charge on any atom is 0.226 e. The Hall–Kier alpha value is -3.45. The first-order chi connectivity index (χ1) is 15.2. The number of pyridine rings is 1. The highest BCUT2D eigenvalue weighted by molar-refractivity contribution is 7.98. The third-order valence-corrected chi connectivity index (χ3v) is 6.07. The van der Waals surface area contributed by atoms with Crippen molar-refractivity contribution in [1.82, 2.24) is 19.5 Å². The zero-order chi connectivity index (χ0) is 21.2. The molecule has 0 aliphatic carbocycles. The van der Waals surface area contributed by atoms with Crippen molar-refractivity contribution in [3.63, 3.8) is 0 Å². The van der Waals surface area contributed by atoms with Gasteiger partial charge in [0.1, 0.15) is 17.3 Å². The fourth-order valence-corrected chi connectivity index (χ4v) is 4.34. The molecule has 0 fully saturated rings. The molecule has 2 aromatic carbocycles. The van der Waals surface area contributed by atoms with Crippen molar-refractivity contribution in [2.75, 3.05) is 0 Å². The zero-order valence-corrected chi connectivity index (χ0v) is 17.6. The summed E-state index contributed by atoms with van der Waals surface area (Å²) in [5.74, 6) is 1.84. The lowest BCUT2D eigenvalue weighted by molar-refractivity contribution is 0.537. The average molecular weight is 431 g/mol. The quantitative estimate of drug-likeness (QED) is 0.315. The van der Waals surface area contributed by atoms with Crippen molar-refractivity contribution in [2.45, 2.75) is 24.4 Å². The third kappa shape index (κ3) is 4.09. The Balaban J connectivity index is 1.47. The second kappa shape index (κ2) is 8.35. The van der Waals surface area contributed by atoms with Gasteiger partial charge in [0, 0.05) is 17.5 Å². The number of hydrogen-bond donors (Lipinski definition) is 0. The summed E-state index contributed by atoms with van der Waals surface area (Å²) in [7, 11) is 0. The molecular weight excluding hydrogens is 411 g/mol. The van der Waals surface area contributed by atoms with E-state index in [2.05, 4.69) is 9.55 Å². The number of aromatic nitrogens is 4. The number of nitrogens with zero attached hydrogens (tertiary/aromatic N) is 4. The number of aryl methyl sites for hydroxylation is 1. The number of oxazole rings is 1. The van der Waals surface area contributed by atoms with Gasteiger partial charge < -0.3 is 8.98 Å². The van der Waals surface area contributed by atoms with E-state index in [0.717, 1.165) is 38.8 Å². The highest BCUT2D eigenvalue weighted by Gasteiger charge is 2.17. The van der Waals surface area contributed by atoms with Gasteiger partial charge in [0.2, 0.25) is 5.89 Å². The zero-order valence-electron chi connectivity index (χ0n) is 16.8. The van der Waals surface area contributed by atoms with Crippen LogP contribution in [-0.2, 0) is 12.3 Å². The summed E-state index contributed by atoms with van der Waals surface area (Å²) in [6, 6.07) is 18.3. The van der Waals surface area contributed by atoms with E-state index in [1.54, 1.807) is 30.1 Å². The van der Waals surface area contributed by atoms with Gasteiger partial charge in [-0.05, 0) is 42.8 Å². The first-order valence-corrected chi connectivity index (χ1v) is 10.8. The molecule has 0 saturated carbocycles. The summed E-state index contributed by atoms with van der Waals surface area (Å²) >= 11 is 1.60. The SMILES string of the molecule is Cc1oc(-c2ccccc2)nc1Cn1c(SCc2ccc(F)cc2)nc2ccncc21. The Kier molecular flexibility index (Phi) is 5.26. The van der Waals surface area contributed by atoms with Crippen molar-refractivity contribution in [1.29, 1.82) is 0 Å². The third-order valence-electron chi connectivity index (χ3n) is 5.02. The summed E-state index contributed by atoms with van der Waals surface area (Å²) in [5.41, 5.74) is 4.64. The van der Waals surface area contributed by atoms with Crippen molar-refractivity contribution in [3.8, 4) is 11.5 Å². The van der Waals surface area contributed by atoms with Crippen LogP contribution in [0.4, 0.5) is 4.39 Å². The maximum absolute atomic E-state index is 13.2. The number of thioether (sulfide) groups is 1. The van der Waals surface area contributed by atoms with Crippen LogP contribution in [0, 0.1) is 12.7 Å². The van der Waals surface area contributed by atoms with Crippen LogP contribution in [-0.4, -0.2) is 19.5 Å². The molecule has 31 heavy (non-hydrogen) atoms. The molecule has 0 aliphatic heterocycles. The summed E-state index contributed by atoms with van der Waals surface area (Å²) in [5, 5.41) is 0.857. The summed E-state index contributed by atoms with van der Waals surface area (Å²) < 4.78 is 21.3. The molecule has 0 unspecified atom stereocenters. The molecule has 0 saturated heterocycles. The largest absolute Gasteiger partial charge is 0.441 e. The average Bonchev–Trinajstić information content (AvgIpc) is 3.35. The van der Waals surface area contributed by atoms with Crippen LogP contribution in [0.3, 0.4) is 0 Å².